The van der Waals surface area contributed by atoms with Crippen molar-refractivity contribution in [3.05, 3.63) is 77.9 Å². The molecule has 0 atom stereocenters. The number of carbonyl (C=O) groups excluding carboxylic acids is 1. The van der Waals surface area contributed by atoms with E-state index in [-0.39, 0.29) is 17.5 Å². The predicted molar refractivity (Wildman–Crippen MR) is 133 cm³/mol. The number of pyridine rings is 1. The van der Waals surface area contributed by atoms with Crippen molar-refractivity contribution in [3.8, 4) is 22.0 Å². The van der Waals surface area contributed by atoms with E-state index in [2.05, 4.69) is 10.2 Å². The molecule has 34 heavy (non-hydrogen) atoms. The van der Waals surface area contributed by atoms with Crippen molar-refractivity contribution in [2.75, 3.05) is 17.2 Å². The molecule has 0 N–H and O–H groups in total. The average Bonchev–Trinajstić information content (AvgIpc) is 3.56. The van der Waals surface area contributed by atoms with Gasteiger partial charge in [-0.2, -0.15) is 0 Å². The fourth-order valence-corrected chi connectivity index (χ4v) is 4.93. The van der Waals surface area contributed by atoms with Crippen molar-refractivity contribution in [3.63, 3.8) is 0 Å². The molecule has 3 heterocycles. The maximum absolute atomic E-state index is 13.2. The number of benzene rings is 2. The summed E-state index contributed by atoms with van der Waals surface area (Å²) in [5.41, 5.74) is 3.11. The van der Waals surface area contributed by atoms with E-state index in [0.717, 1.165) is 27.0 Å². The summed E-state index contributed by atoms with van der Waals surface area (Å²) in [5.74, 6) is 0.0148. The largest absolute Gasteiger partial charge is 0.411 e. The molecule has 0 fully saturated rings. The molecule has 0 radical (unpaired) electrons. The first-order valence-corrected chi connectivity index (χ1v) is 12.4. The van der Waals surface area contributed by atoms with Gasteiger partial charge in [-0.3, -0.25) is 4.79 Å². The zero-order chi connectivity index (χ0) is 23.5. The lowest BCUT2D eigenvalue weighted by Crippen LogP contribution is -2.32. The van der Waals surface area contributed by atoms with Crippen molar-refractivity contribution in [2.45, 2.75) is 12.1 Å². The molecule has 2 aromatic carbocycles. The van der Waals surface area contributed by atoms with Crippen LogP contribution in [-0.4, -0.2) is 33.4 Å². The highest BCUT2D eigenvalue weighted by molar-refractivity contribution is 7.99. The zero-order valence-electron chi connectivity index (χ0n) is 18.1. The van der Waals surface area contributed by atoms with Gasteiger partial charge in [0.1, 0.15) is 5.82 Å². The normalized spacial score (nSPS) is 11.1. The number of thioether (sulfide) groups is 1. The van der Waals surface area contributed by atoms with E-state index < -0.39 is 0 Å². The number of thiophene rings is 1. The SMILES string of the molecule is CCN(C(=O)CSc1nnc(-c2cc(-c3cccs3)nc3ccccc23)o1)c1ccc(F)cc1. The molecule has 6 nitrogen and oxygen atoms in total. The van der Waals surface area contributed by atoms with Gasteiger partial charge in [-0.25, -0.2) is 9.37 Å². The highest BCUT2D eigenvalue weighted by Gasteiger charge is 2.19. The van der Waals surface area contributed by atoms with E-state index in [0.29, 0.717) is 23.3 Å². The van der Waals surface area contributed by atoms with Gasteiger partial charge in [-0.15, -0.1) is 21.5 Å². The summed E-state index contributed by atoms with van der Waals surface area (Å²) in [6, 6.07) is 19.6. The Balaban J connectivity index is 1.38. The van der Waals surface area contributed by atoms with Gasteiger partial charge >= 0.3 is 0 Å². The van der Waals surface area contributed by atoms with Crippen LogP contribution in [0.15, 0.2) is 81.8 Å². The number of amides is 1. The summed E-state index contributed by atoms with van der Waals surface area (Å²) in [6.07, 6.45) is 0. The number of hydrogen-bond acceptors (Lipinski definition) is 7. The Morgan fingerprint density at radius 3 is 2.68 bits per heavy atom. The number of fused-ring (bicyclic) bond motifs is 1. The summed E-state index contributed by atoms with van der Waals surface area (Å²) in [5, 5.41) is 11.6. The molecule has 0 spiro atoms. The van der Waals surface area contributed by atoms with Crippen LogP contribution in [0.4, 0.5) is 10.1 Å². The first-order valence-electron chi connectivity index (χ1n) is 10.6. The average molecular weight is 491 g/mol. The Labute approximate surface area is 203 Å². The lowest BCUT2D eigenvalue weighted by molar-refractivity contribution is -0.116. The van der Waals surface area contributed by atoms with E-state index in [1.807, 2.05) is 54.8 Å². The van der Waals surface area contributed by atoms with Crippen LogP contribution in [0.5, 0.6) is 0 Å². The zero-order valence-corrected chi connectivity index (χ0v) is 19.8. The fourth-order valence-electron chi connectivity index (χ4n) is 3.61. The molecule has 0 aliphatic heterocycles. The molecular weight excluding hydrogens is 471 g/mol. The molecule has 5 rings (SSSR count). The van der Waals surface area contributed by atoms with Crippen molar-refractivity contribution in [1.82, 2.24) is 15.2 Å². The summed E-state index contributed by atoms with van der Waals surface area (Å²) in [4.78, 5) is 20.2. The highest BCUT2D eigenvalue weighted by atomic mass is 32.2. The standard InChI is InChI=1S/C25H19FN4O2S2/c1-2-30(17-11-9-16(26)10-12-17)23(31)15-34-25-29-28-24(32-25)19-14-21(22-8-5-13-33-22)27-20-7-4-3-6-18(19)20/h3-14H,2,15H2,1H3. The van der Waals surface area contributed by atoms with Gasteiger partial charge in [0, 0.05) is 17.6 Å². The maximum Gasteiger partial charge on any atom is 0.277 e. The number of carbonyl (C=O) groups is 1. The molecule has 170 valence electrons. The van der Waals surface area contributed by atoms with E-state index in [1.165, 1.54) is 23.9 Å². The minimum Gasteiger partial charge on any atom is -0.411 e. The quantitative estimate of drug-likeness (QED) is 0.249. The lowest BCUT2D eigenvalue weighted by atomic mass is 10.1. The van der Waals surface area contributed by atoms with E-state index in [9.17, 15) is 9.18 Å². The summed E-state index contributed by atoms with van der Waals surface area (Å²) in [7, 11) is 0. The van der Waals surface area contributed by atoms with Crippen LogP contribution in [-0.2, 0) is 4.79 Å². The van der Waals surface area contributed by atoms with Crippen molar-refractivity contribution in [1.29, 1.82) is 0 Å². The Bertz CT molecular complexity index is 1440. The van der Waals surface area contributed by atoms with Crippen molar-refractivity contribution in [2.24, 2.45) is 0 Å². The molecule has 5 aromatic rings. The minimum atomic E-state index is -0.342. The number of nitrogens with zero attached hydrogens (tertiary/aromatic N) is 4. The van der Waals surface area contributed by atoms with Crippen LogP contribution in [0.3, 0.4) is 0 Å². The van der Waals surface area contributed by atoms with Gasteiger partial charge < -0.3 is 9.32 Å². The second kappa shape index (κ2) is 9.74. The van der Waals surface area contributed by atoms with Gasteiger partial charge in [-0.05, 0) is 54.8 Å². The second-order valence-electron chi connectivity index (χ2n) is 7.33. The smallest absolute Gasteiger partial charge is 0.277 e. The van der Waals surface area contributed by atoms with Crippen molar-refractivity contribution >= 4 is 45.6 Å². The van der Waals surface area contributed by atoms with Gasteiger partial charge in [0.15, 0.2) is 0 Å². The maximum atomic E-state index is 13.2. The lowest BCUT2D eigenvalue weighted by Gasteiger charge is -2.20. The number of aromatic nitrogens is 3. The summed E-state index contributed by atoms with van der Waals surface area (Å²) in [6.45, 7) is 2.34. The topological polar surface area (TPSA) is 72.1 Å². The van der Waals surface area contributed by atoms with Crippen LogP contribution >= 0.6 is 23.1 Å². The van der Waals surface area contributed by atoms with Crippen LogP contribution in [0.2, 0.25) is 0 Å². The fraction of sp³-hybridized carbons (Fsp3) is 0.120. The number of halogens is 1. The van der Waals surface area contributed by atoms with Crippen LogP contribution < -0.4 is 4.90 Å². The Kier molecular flexibility index (Phi) is 6.37. The number of para-hydroxylation sites is 1. The third kappa shape index (κ3) is 4.57. The first-order chi connectivity index (χ1) is 16.6. The number of anilines is 1. The van der Waals surface area contributed by atoms with Crippen LogP contribution in [0.25, 0.3) is 32.9 Å². The Morgan fingerprint density at radius 2 is 1.91 bits per heavy atom. The summed E-state index contributed by atoms with van der Waals surface area (Å²) >= 11 is 2.79. The molecule has 0 aliphatic rings. The highest BCUT2D eigenvalue weighted by Crippen LogP contribution is 2.34. The number of rotatable bonds is 7. The molecule has 0 bridgehead atoms. The minimum absolute atomic E-state index is 0.115. The van der Waals surface area contributed by atoms with Crippen LogP contribution in [0, 0.1) is 5.82 Å². The molecule has 0 saturated carbocycles. The van der Waals surface area contributed by atoms with Crippen molar-refractivity contribution < 1.29 is 13.6 Å². The second-order valence-corrected chi connectivity index (χ2v) is 9.20. The monoisotopic (exact) mass is 490 g/mol. The molecule has 3 aromatic heterocycles. The predicted octanol–water partition coefficient (Wildman–Crippen LogP) is 6.30. The van der Waals surface area contributed by atoms with Gasteiger partial charge in [0.25, 0.3) is 5.22 Å². The first kappa shape index (κ1) is 22.2. The molecule has 0 unspecified atom stereocenters. The van der Waals surface area contributed by atoms with Crippen LogP contribution in [0.1, 0.15) is 6.92 Å². The third-order valence-electron chi connectivity index (χ3n) is 5.20. The molecule has 0 saturated heterocycles. The van der Waals surface area contributed by atoms with E-state index in [1.54, 1.807) is 28.4 Å². The molecule has 9 heteroatoms. The third-order valence-corrected chi connectivity index (χ3v) is 6.90. The van der Waals surface area contributed by atoms with Gasteiger partial charge in [0.2, 0.25) is 11.8 Å². The Hall–Kier alpha value is -3.56. The van der Waals surface area contributed by atoms with Gasteiger partial charge in [-0.1, -0.05) is 36.0 Å². The van der Waals surface area contributed by atoms with Gasteiger partial charge in [0.05, 0.1) is 27.4 Å². The molecule has 1 amide bonds. The Morgan fingerprint density at radius 1 is 1.09 bits per heavy atom. The van der Waals surface area contributed by atoms with E-state index in [4.69, 9.17) is 9.40 Å². The summed E-state index contributed by atoms with van der Waals surface area (Å²) < 4.78 is 19.2. The number of hydrogen-bond donors (Lipinski definition) is 0. The molecule has 0 aliphatic carbocycles. The van der Waals surface area contributed by atoms with E-state index >= 15 is 0 Å². The molecular formula is C25H19FN4O2S2.